The van der Waals surface area contributed by atoms with Gasteiger partial charge >= 0.3 is 0 Å². The van der Waals surface area contributed by atoms with E-state index in [1.54, 1.807) is 11.8 Å². The number of aromatic nitrogens is 2. The van der Waals surface area contributed by atoms with Crippen molar-refractivity contribution in [3.05, 3.63) is 53.2 Å². The summed E-state index contributed by atoms with van der Waals surface area (Å²) in [4.78, 5) is 8.91. The second-order valence-corrected chi connectivity index (χ2v) is 5.55. The molecule has 0 aliphatic rings. The molecule has 0 atom stereocenters. The molecule has 3 rings (SSSR count). The van der Waals surface area contributed by atoms with Crippen LogP contribution in [0.15, 0.2) is 52.4 Å². The van der Waals surface area contributed by atoms with Crippen LogP contribution in [0.25, 0.3) is 11.0 Å². The molecule has 1 N–H and O–H groups in total. The third-order valence-electron chi connectivity index (χ3n) is 2.68. The van der Waals surface area contributed by atoms with Crippen molar-refractivity contribution in [2.24, 2.45) is 0 Å². The molecule has 2 heterocycles. The Balaban J connectivity index is 1.99. The van der Waals surface area contributed by atoms with E-state index in [1.807, 2.05) is 37.3 Å². The van der Waals surface area contributed by atoms with Crippen LogP contribution in [-0.2, 0) is 0 Å². The Morgan fingerprint density at radius 3 is 2.72 bits per heavy atom. The Morgan fingerprint density at radius 2 is 1.94 bits per heavy atom. The Morgan fingerprint density at radius 1 is 1.17 bits per heavy atom. The minimum absolute atomic E-state index is 0.567. The normalized spacial score (nSPS) is 11.0. The first-order valence-corrected chi connectivity index (χ1v) is 6.80. The number of fused-ring (bicyclic) bond motifs is 1. The first-order valence-electron chi connectivity index (χ1n) is 5.61. The van der Waals surface area contributed by atoms with E-state index in [4.69, 9.17) is 11.6 Å². The van der Waals surface area contributed by atoms with E-state index in [9.17, 15) is 0 Å². The van der Waals surface area contributed by atoms with Gasteiger partial charge in [0.05, 0.1) is 16.1 Å². The largest absolute Gasteiger partial charge is 0.348 e. The first-order chi connectivity index (χ1) is 8.72. The minimum atomic E-state index is 0.567. The molecule has 2 aromatic heterocycles. The quantitative estimate of drug-likeness (QED) is 0.688. The van der Waals surface area contributed by atoms with E-state index in [0.29, 0.717) is 5.15 Å². The molecule has 0 spiro atoms. The number of hydrogen-bond acceptors (Lipinski definition) is 2. The summed E-state index contributed by atoms with van der Waals surface area (Å²) in [5.74, 6) is 0. The lowest BCUT2D eigenvalue weighted by atomic mass is 10.3. The number of H-pyrrole nitrogens is 1. The molecule has 0 saturated heterocycles. The van der Waals surface area contributed by atoms with Crippen LogP contribution in [0.1, 0.15) is 5.56 Å². The average Bonchev–Trinajstić information content (AvgIpc) is 2.72. The van der Waals surface area contributed by atoms with Gasteiger partial charge in [-0.1, -0.05) is 41.6 Å². The van der Waals surface area contributed by atoms with Crippen molar-refractivity contribution in [2.45, 2.75) is 16.8 Å². The van der Waals surface area contributed by atoms with Gasteiger partial charge in [-0.05, 0) is 36.8 Å². The predicted molar refractivity (Wildman–Crippen MR) is 76.4 cm³/mol. The number of aromatic amines is 1. The van der Waals surface area contributed by atoms with Gasteiger partial charge in [-0.15, -0.1) is 0 Å². The third kappa shape index (κ3) is 2.24. The summed E-state index contributed by atoms with van der Waals surface area (Å²) in [5, 5.41) is 1.64. The zero-order valence-electron chi connectivity index (χ0n) is 9.77. The number of pyridine rings is 1. The van der Waals surface area contributed by atoms with Crippen LogP contribution in [0.3, 0.4) is 0 Å². The minimum Gasteiger partial charge on any atom is -0.348 e. The Hall–Kier alpha value is -1.45. The second-order valence-electron chi connectivity index (χ2n) is 4.08. The van der Waals surface area contributed by atoms with E-state index in [1.165, 1.54) is 4.90 Å². The average molecular weight is 275 g/mol. The number of halogens is 1. The Kier molecular flexibility index (Phi) is 3.02. The number of nitrogens with one attached hydrogen (secondary N) is 1. The van der Waals surface area contributed by atoms with Gasteiger partial charge in [-0.3, -0.25) is 0 Å². The highest BCUT2D eigenvalue weighted by molar-refractivity contribution is 7.99. The fraction of sp³-hybridized carbons (Fsp3) is 0.0714. The van der Waals surface area contributed by atoms with Crippen molar-refractivity contribution in [1.29, 1.82) is 0 Å². The lowest BCUT2D eigenvalue weighted by molar-refractivity contribution is 1.23. The van der Waals surface area contributed by atoms with E-state index < -0.39 is 0 Å². The summed E-state index contributed by atoms with van der Waals surface area (Å²) >= 11 is 7.71. The van der Waals surface area contributed by atoms with Gasteiger partial charge in [0, 0.05) is 4.90 Å². The highest BCUT2D eigenvalue weighted by Gasteiger charge is 2.06. The van der Waals surface area contributed by atoms with Crippen molar-refractivity contribution >= 4 is 34.4 Å². The standard InChI is InChI=1S/C14H11ClN2S/c1-9-7-11-12(17-14(9)15)8-13(16-11)18-10-5-3-2-4-6-10/h2-8,16H,1H3. The number of nitrogens with zero attached hydrogens (tertiary/aromatic N) is 1. The number of rotatable bonds is 2. The van der Waals surface area contributed by atoms with Crippen LogP contribution in [0.2, 0.25) is 5.15 Å². The number of benzene rings is 1. The van der Waals surface area contributed by atoms with Gasteiger partial charge in [0.15, 0.2) is 0 Å². The zero-order valence-corrected chi connectivity index (χ0v) is 11.3. The fourth-order valence-corrected chi connectivity index (χ4v) is 2.80. The summed E-state index contributed by atoms with van der Waals surface area (Å²) < 4.78 is 0. The Labute approximate surface area is 114 Å². The van der Waals surface area contributed by atoms with Crippen LogP contribution in [0.5, 0.6) is 0 Å². The molecular weight excluding hydrogens is 264 g/mol. The van der Waals surface area contributed by atoms with Crippen LogP contribution in [-0.4, -0.2) is 9.97 Å². The molecule has 2 nitrogen and oxygen atoms in total. The molecule has 18 heavy (non-hydrogen) atoms. The van der Waals surface area contributed by atoms with E-state index >= 15 is 0 Å². The highest BCUT2D eigenvalue weighted by atomic mass is 35.5. The maximum Gasteiger partial charge on any atom is 0.132 e. The highest BCUT2D eigenvalue weighted by Crippen LogP contribution is 2.30. The molecule has 3 aromatic rings. The van der Waals surface area contributed by atoms with Crippen molar-refractivity contribution in [2.75, 3.05) is 0 Å². The van der Waals surface area contributed by atoms with Crippen LogP contribution in [0, 0.1) is 6.92 Å². The van der Waals surface area contributed by atoms with Crippen LogP contribution < -0.4 is 0 Å². The summed E-state index contributed by atoms with van der Waals surface area (Å²) in [6.45, 7) is 1.96. The monoisotopic (exact) mass is 274 g/mol. The molecule has 0 amide bonds. The van der Waals surface area contributed by atoms with Gasteiger partial charge in [-0.25, -0.2) is 4.98 Å². The molecule has 4 heteroatoms. The second kappa shape index (κ2) is 4.67. The topological polar surface area (TPSA) is 28.7 Å². The SMILES string of the molecule is Cc1cc2[nH]c(Sc3ccccc3)cc2nc1Cl. The van der Waals surface area contributed by atoms with Gasteiger partial charge in [0.1, 0.15) is 5.15 Å². The van der Waals surface area contributed by atoms with Gasteiger partial charge in [0.2, 0.25) is 0 Å². The van der Waals surface area contributed by atoms with Crippen molar-refractivity contribution < 1.29 is 0 Å². The van der Waals surface area contributed by atoms with Gasteiger partial charge in [0.25, 0.3) is 0 Å². The maximum absolute atomic E-state index is 6.03. The molecule has 0 fully saturated rings. The maximum atomic E-state index is 6.03. The molecule has 0 aliphatic carbocycles. The zero-order chi connectivity index (χ0) is 12.5. The summed E-state index contributed by atoms with van der Waals surface area (Å²) in [7, 11) is 0. The lowest BCUT2D eigenvalue weighted by Crippen LogP contribution is -1.81. The third-order valence-corrected chi connectivity index (χ3v) is 4.01. The molecule has 0 saturated carbocycles. The Bertz CT molecular complexity index is 653. The molecule has 0 aliphatic heterocycles. The molecule has 90 valence electrons. The van der Waals surface area contributed by atoms with Crippen LogP contribution in [0.4, 0.5) is 0 Å². The molecule has 1 aromatic carbocycles. The van der Waals surface area contributed by atoms with Gasteiger partial charge < -0.3 is 4.98 Å². The van der Waals surface area contributed by atoms with Crippen LogP contribution >= 0.6 is 23.4 Å². The van der Waals surface area contributed by atoms with Crippen molar-refractivity contribution in [1.82, 2.24) is 9.97 Å². The van der Waals surface area contributed by atoms with Crippen molar-refractivity contribution in [3.8, 4) is 0 Å². The molecule has 0 unspecified atom stereocenters. The van der Waals surface area contributed by atoms with E-state index in [2.05, 4.69) is 22.1 Å². The smallest absolute Gasteiger partial charge is 0.132 e. The number of hydrogen-bond donors (Lipinski definition) is 1. The van der Waals surface area contributed by atoms with Gasteiger partial charge in [-0.2, -0.15) is 0 Å². The van der Waals surface area contributed by atoms with E-state index in [0.717, 1.165) is 21.6 Å². The first kappa shape index (κ1) is 11.6. The summed E-state index contributed by atoms with van der Waals surface area (Å²) in [6, 6.07) is 14.3. The number of aryl methyl sites for hydroxylation is 1. The predicted octanol–water partition coefficient (Wildman–Crippen LogP) is 4.68. The van der Waals surface area contributed by atoms with Crippen molar-refractivity contribution in [3.63, 3.8) is 0 Å². The lowest BCUT2D eigenvalue weighted by Gasteiger charge is -1.96. The summed E-state index contributed by atoms with van der Waals surface area (Å²) in [5.41, 5.74) is 2.92. The summed E-state index contributed by atoms with van der Waals surface area (Å²) in [6.07, 6.45) is 0. The molecule has 0 radical (unpaired) electrons. The van der Waals surface area contributed by atoms with E-state index in [-0.39, 0.29) is 0 Å². The molecular formula is C14H11ClN2S. The molecule has 0 bridgehead atoms. The fourth-order valence-electron chi connectivity index (χ4n) is 1.78.